The molecule has 5 nitrogen and oxygen atoms in total. The molecule has 1 aliphatic heterocycles. The van der Waals surface area contributed by atoms with E-state index in [1.807, 2.05) is 40.7 Å². The molecule has 1 aromatic rings. The predicted octanol–water partition coefficient (Wildman–Crippen LogP) is 5.05. The quantitative estimate of drug-likeness (QED) is 0.756. The minimum absolute atomic E-state index is 0.284. The molecule has 1 unspecified atom stereocenters. The predicted molar refractivity (Wildman–Crippen MR) is 110 cm³/mol. The summed E-state index contributed by atoms with van der Waals surface area (Å²) >= 11 is 6.55. The summed E-state index contributed by atoms with van der Waals surface area (Å²) in [4.78, 5) is 14.6. The highest BCUT2D eigenvalue weighted by Crippen LogP contribution is 2.43. The lowest BCUT2D eigenvalue weighted by molar-refractivity contribution is 0.0507. The van der Waals surface area contributed by atoms with Gasteiger partial charge in [0.05, 0.1) is 13.2 Å². The molecule has 1 heterocycles. The molecule has 6 heteroatoms. The van der Waals surface area contributed by atoms with Gasteiger partial charge < -0.3 is 14.8 Å². The Morgan fingerprint density at radius 1 is 1.30 bits per heavy atom. The Labute approximate surface area is 168 Å². The van der Waals surface area contributed by atoms with Crippen molar-refractivity contribution in [3.05, 3.63) is 27.8 Å². The van der Waals surface area contributed by atoms with Crippen LogP contribution in [0.25, 0.3) is 0 Å². The van der Waals surface area contributed by atoms with Crippen LogP contribution in [0.2, 0.25) is 5.02 Å². The minimum Gasteiger partial charge on any atom is -0.496 e. The topological polar surface area (TPSA) is 50.8 Å². The first kappa shape index (κ1) is 21.8. The fourth-order valence-electron chi connectivity index (χ4n) is 3.48. The van der Waals surface area contributed by atoms with E-state index >= 15 is 0 Å². The molecule has 0 aliphatic carbocycles. The molecule has 27 heavy (non-hydrogen) atoms. The highest BCUT2D eigenvalue weighted by molar-refractivity contribution is 6.31. The van der Waals surface area contributed by atoms with Crippen LogP contribution in [0.15, 0.2) is 6.07 Å². The van der Waals surface area contributed by atoms with Crippen molar-refractivity contribution in [3.63, 3.8) is 0 Å². The Morgan fingerprint density at radius 2 is 1.89 bits per heavy atom. The Morgan fingerprint density at radius 3 is 2.37 bits per heavy atom. The van der Waals surface area contributed by atoms with E-state index in [1.165, 1.54) is 0 Å². The summed E-state index contributed by atoms with van der Waals surface area (Å²) in [7, 11) is 1.68. The number of methoxy groups -OCH3 is 1. The number of nitrogens with zero attached hydrogens (tertiary/aromatic N) is 1. The lowest BCUT2D eigenvalue weighted by Gasteiger charge is -2.43. The van der Waals surface area contributed by atoms with Crippen LogP contribution in [-0.4, -0.2) is 42.8 Å². The van der Waals surface area contributed by atoms with Gasteiger partial charge in [-0.3, -0.25) is 4.90 Å². The van der Waals surface area contributed by atoms with Gasteiger partial charge in [0, 0.05) is 41.2 Å². The van der Waals surface area contributed by atoms with E-state index in [0.717, 1.165) is 35.5 Å². The summed E-state index contributed by atoms with van der Waals surface area (Å²) in [5, 5.41) is 3.59. The number of ether oxygens (including phenoxy) is 2. The molecular formula is C21H33ClN2O3. The first-order valence-corrected chi connectivity index (χ1v) is 9.92. The molecule has 1 aromatic carbocycles. The molecule has 1 aliphatic rings. The fourth-order valence-corrected chi connectivity index (χ4v) is 3.70. The van der Waals surface area contributed by atoms with Crippen LogP contribution >= 0.6 is 11.6 Å². The summed E-state index contributed by atoms with van der Waals surface area (Å²) in [5.74, 6) is 1.20. The van der Waals surface area contributed by atoms with Gasteiger partial charge in [0.2, 0.25) is 0 Å². The number of carbonyl (C=O) groups is 1. The van der Waals surface area contributed by atoms with E-state index in [4.69, 9.17) is 21.1 Å². The average Bonchev–Trinajstić information content (AvgIpc) is 2.47. The first-order valence-electron chi connectivity index (χ1n) is 9.55. The van der Waals surface area contributed by atoms with Crippen molar-refractivity contribution >= 4 is 17.7 Å². The second-order valence-corrected chi connectivity index (χ2v) is 9.04. The van der Waals surface area contributed by atoms with Crippen molar-refractivity contribution in [1.82, 2.24) is 10.2 Å². The number of rotatable bonds is 5. The molecule has 1 saturated heterocycles. The zero-order chi connectivity index (χ0) is 20.5. The highest BCUT2D eigenvalue weighted by Gasteiger charge is 2.35. The van der Waals surface area contributed by atoms with Crippen LogP contribution in [0.3, 0.4) is 0 Å². The van der Waals surface area contributed by atoms with Gasteiger partial charge in [-0.2, -0.15) is 0 Å². The monoisotopic (exact) mass is 396 g/mol. The van der Waals surface area contributed by atoms with Gasteiger partial charge in [0.1, 0.15) is 11.4 Å². The normalized spacial score (nSPS) is 16.8. The lowest BCUT2D eigenvalue weighted by atomic mass is 9.84. The van der Waals surface area contributed by atoms with Gasteiger partial charge in [0.25, 0.3) is 0 Å². The maximum absolute atomic E-state index is 12.2. The van der Waals surface area contributed by atoms with Crippen molar-refractivity contribution in [2.24, 2.45) is 0 Å². The summed E-state index contributed by atoms with van der Waals surface area (Å²) in [6, 6.07) is 2.13. The number of halogens is 1. The average molecular weight is 397 g/mol. The zero-order valence-electron chi connectivity index (χ0n) is 17.8. The molecule has 1 fully saturated rings. The molecule has 1 atom stereocenters. The second kappa shape index (κ2) is 8.27. The van der Waals surface area contributed by atoms with Gasteiger partial charge in [-0.1, -0.05) is 11.6 Å². The van der Waals surface area contributed by atoms with Gasteiger partial charge in [-0.15, -0.1) is 0 Å². The van der Waals surface area contributed by atoms with E-state index in [9.17, 15) is 4.79 Å². The number of likely N-dealkylation sites (tertiary alicyclic amines) is 1. The Balaban J connectivity index is 2.30. The van der Waals surface area contributed by atoms with E-state index in [0.29, 0.717) is 17.0 Å². The molecule has 1 N–H and O–H groups in total. The van der Waals surface area contributed by atoms with Gasteiger partial charge >= 0.3 is 6.09 Å². The zero-order valence-corrected chi connectivity index (χ0v) is 18.5. The van der Waals surface area contributed by atoms with Crippen LogP contribution in [0.1, 0.15) is 70.2 Å². The minimum atomic E-state index is -0.545. The van der Waals surface area contributed by atoms with E-state index in [-0.39, 0.29) is 6.04 Å². The van der Waals surface area contributed by atoms with Crippen LogP contribution in [0.5, 0.6) is 5.75 Å². The van der Waals surface area contributed by atoms with Gasteiger partial charge in [0.15, 0.2) is 0 Å². The fraction of sp³-hybridized carbons (Fsp3) is 0.667. The number of benzene rings is 1. The largest absolute Gasteiger partial charge is 0.496 e. The van der Waals surface area contributed by atoms with Crippen molar-refractivity contribution < 1.29 is 14.3 Å². The highest BCUT2D eigenvalue weighted by atomic mass is 35.5. The summed E-state index contributed by atoms with van der Waals surface area (Å²) in [5.41, 5.74) is 2.53. The number of hydrogen-bond donors (Lipinski definition) is 1. The summed E-state index contributed by atoms with van der Waals surface area (Å²) in [6.45, 7) is 15.9. The number of carbonyl (C=O) groups excluding carboxylic acids is 1. The third-order valence-corrected chi connectivity index (χ3v) is 5.40. The third-order valence-electron chi connectivity index (χ3n) is 5.00. The summed E-state index contributed by atoms with van der Waals surface area (Å²) < 4.78 is 11.2. The smallest absolute Gasteiger partial charge is 0.408 e. The number of nitrogens with one attached hydrogen (secondary N) is 1. The molecule has 0 spiro atoms. The van der Waals surface area contributed by atoms with E-state index in [1.54, 1.807) is 7.11 Å². The van der Waals surface area contributed by atoms with Crippen LogP contribution < -0.4 is 10.1 Å². The van der Waals surface area contributed by atoms with Crippen molar-refractivity contribution in [1.29, 1.82) is 0 Å². The number of hydrogen-bond acceptors (Lipinski definition) is 4. The SMILES string of the molecule is COc1c(C(C)NC(=O)OC(C)(C)C)cc(Cl)c(C)c1C1CN(C(C)C)C1. The van der Waals surface area contributed by atoms with Crippen LogP contribution in [-0.2, 0) is 4.74 Å². The van der Waals surface area contributed by atoms with Crippen molar-refractivity contribution in [2.45, 2.75) is 72.1 Å². The Hall–Kier alpha value is -1.46. The van der Waals surface area contributed by atoms with E-state index in [2.05, 4.69) is 24.1 Å². The van der Waals surface area contributed by atoms with Gasteiger partial charge in [-0.25, -0.2) is 4.79 Å². The van der Waals surface area contributed by atoms with E-state index < -0.39 is 11.7 Å². The lowest BCUT2D eigenvalue weighted by Crippen LogP contribution is -2.49. The molecule has 0 aromatic heterocycles. The van der Waals surface area contributed by atoms with Crippen LogP contribution in [0, 0.1) is 6.92 Å². The van der Waals surface area contributed by atoms with Crippen LogP contribution in [0.4, 0.5) is 4.79 Å². The van der Waals surface area contributed by atoms with Crippen molar-refractivity contribution in [2.75, 3.05) is 20.2 Å². The first-order chi connectivity index (χ1) is 12.4. The molecule has 2 rings (SSSR count). The summed E-state index contributed by atoms with van der Waals surface area (Å²) in [6.07, 6.45) is -0.454. The molecular weight excluding hydrogens is 364 g/mol. The molecule has 0 radical (unpaired) electrons. The second-order valence-electron chi connectivity index (χ2n) is 8.63. The Kier molecular flexibility index (Phi) is 6.69. The maximum Gasteiger partial charge on any atom is 0.408 e. The molecule has 0 bridgehead atoms. The number of alkyl carbamates (subject to hydrolysis) is 1. The third kappa shape index (κ3) is 5.08. The standard InChI is InChI=1S/C21H33ClN2O3/c1-12(2)24-10-15(11-24)18-13(3)17(22)9-16(19(18)26-8)14(4)23-20(25)27-21(5,6)7/h9,12,14-15H,10-11H2,1-8H3,(H,23,25). The van der Waals surface area contributed by atoms with Crippen molar-refractivity contribution in [3.8, 4) is 5.75 Å². The number of amides is 1. The maximum atomic E-state index is 12.2. The molecule has 152 valence electrons. The Bertz CT molecular complexity index is 692. The molecule has 0 saturated carbocycles. The van der Waals surface area contributed by atoms with Gasteiger partial charge in [-0.05, 0) is 60.1 Å². The molecule has 1 amide bonds.